The topological polar surface area (TPSA) is 64.6 Å². The van der Waals surface area contributed by atoms with Gasteiger partial charge in [0, 0.05) is 5.69 Å². The first-order valence-electron chi connectivity index (χ1n) is 8.50. The molecule has 136 valence electrons. The first-order chi connectivity index (χ1) is 13.2. The van der Waals surface area contributed by atoms with Gasteiger partial charge in [0.2, 0.25) is 0 Å². The third-order valence-corrected chi connectivity index (χ3v) is 3.82. The molecule has 1 amide bonds. The van der Waals surface area contributed by atoms with Crippen molar-refractivity contribution >= 4 is 17.9 Å². The Labute approximate surface area is 157 Å². The fourth-order valence-corrected chi connectivity index (χ4v) is 2.40. The van der Waals surface area contributed by atoms with Crippen molar-refractivity contribution in [3.63, 3.8) is 0 Å². The Morgan fingerprint density at radius 3 is 2.22 bits per heavy atom. The van der Waals surface area contributed by atoms with Crippen molar-refractivity contribution in [2.75, 3.05) is 5.32 Å². The lowest BCUT2D eigenvalue weighted by molar-refractivity contribution is -0.122. The highest BCUT2D eigenvalue weighted by Gasteiger charge is 2.16. The zero-order chi connectivity index (χ0) is 19.1. The zero-order valence-electron chi connectivity index (χ0n) is 14.8. The summed E-state index contributed by atoms with van der Waals surface area (Å²) in [5.41, 5.74) is 1.03. The van der Waals surface area contributed by atoms with Gasteiger partial charge >= 0.3 is 0 Å². The molecule has 0 aliphatic heterocycles. The quantitative estimate of drug-likeness (QED) is 0.620. The predicted octanol–water partition coefficient (Wildman–Crippen LogP) is 4.70. The maximum Gasteiger partial charge on any atom is 0.265 e. The minimum absolute atomic E-state index is 0.313. The number of ether oxygens (including phenoxy) is 2. The smallest absolute Gasteiger partial charge is 0.265 e. The summed E-state index contributed by atoms with van der Waals surface area (Å²) in [5, 5.41) is 2.78. The van der Waals surface area contributed by atoms with Crippen LogP contribution in [0.4, 0.5) is 5.69 Å². The third-order valence-electron chi connectivity index (χ3n) is 3.82. The number of anilines is 1. The molecule has 0 saturated heterocycles. The van der Waals surface area contributed by atoms with Gasteiger partial charge in [0.15, 0.2) is 12.4 Å². The molecule has 3 rings (SSSR count). The molecule has 5 nitrogen and oxygen atoms in total. The number of hydrogen-bond donors (Lipinski definition) is 1. The fraction of sp³-hybridized carbons (Fsp3) is 0.0909. The van der Waals surface area contributed by atoms with E-state index in [4.69, 9.17) is 9.47 Å². The number of rotatable bonds is 7. The van der Waals surface area contributed by atoms with Crippen LogP contribution >= 0.6 is 0 Å². The number of nitrogens with one attached hydrogen (secondary N) is 1. The van der Waals surface area contributed by atoms with Crippen LogP contribution in [-0.4, -0.2) is 18.3 Å². The number of carbonyl (C=O) groups excluding carboxylic acids is 2. The molecule has 0 radical (unpaired) electrons. The van der Waals surface area contributed by atoms with Crippen molar-refractivity contribution in [3.05, 3.63) is 84.4 Å². The molecule has 0 aliphatic rings. The van der Waals surface area contributed by atoms with E-state index in [1.54, 1.807) is 55.5 Å². The number of hydrogen-bond acceptors (Lipinski definition) is 4. The van der Waals surface area contributed by atoms with E-state index >= 15 is 0 Å². The van der Waals surface area contributed by atoms with Crippen molar-refractivity contribution in [1.29, 1.82) is 0 Å². The maximum absolute atomic E-state index is 12.3. The van der Waals surface area contributed by atoms with Gasteiger partial charge in [-0.15, -0.1) is 0 Å². The van der Waals surface area contributed by atoms with Crippen LogP contribution in [0, 0.1) is 0 Å². The van der Waals surface area contributed by atoms with Crippen LogP contribution in [0.15, 0.2) is 78.9 Å². The first-order valence-corrected chi connectivity index (χ1v) is 8.50. The van der Waals surface area contributed by atoms with E-state index in [-0.39, 0.29) is 5.91 Å². The lowest BCUT2D eigenvalue weighted by Crippen LogP contribution is -2.30. The van der Waals surface area contributed by atoms with Crippen LogP contribution in [0.5, 0.6) is 17.2 Å². The molecule has 0 fully saturated rings. The molecule has 0 bridgehead atoms. The van der Waals surface area contributed by atoms with Gasteiger partial charge in [0.25, 0.3) is 5.91 Å². The Balaban J connectivity index is 1.59. The van der Waals surface area contributed by atoms with Crippen LogP contribution in [0.2, 0.25) is 0 Å². The SMILES string of the molecule is C[C@H](Oc1ccccc1C=O)C(=O)Nc1ccc(Oc2ccccc2)cc1. The van der Waals surface area contributed by atoms with Gasteiger partial charge in [0.1, 0.15) is 17.2 Å². The number of aldehydes is 1. The Kier molecular flexibility index (Phi) is 5.84. The van der Waals surface area contributed by atoms with E-state index in [1.807, 2.05) is 30.3 Å². The summed E-state index contributed by atoms with van der Waals surface area (Å²) in [6.45, 7) is 1.63. The lowest BCUT2D eigenvalue weighted by atomic mass is 10.2. The van der Waals surface area contributed by atoms with Gasteiger partial charge in [-0.05, 0) is 55.5 Å². The summed E-state index contributed by atoms with van der Waals surface area (Å²) in [4.78, 5) is 23.4. The summed E-state index contributed by atoms with van der Waals surface area (Å²) in [6.07, 6.45) is -0.0582. The molecule has 0 unspecified atom stereocenters. The average Bonchev–Trinajstić information content (AvgIpc) is 2.70. The number of carbonyl (C=O) groups is 2. The van der Waals surface area contributed by atoms with Crippen molar-refractivity contribution < 1.29 is 19.1 Å². The Bertz CT molecular complexity index is 907. The molecular weight excluding hydrogens is 342 g/mol. The summed E-state index contributed by atoms with van der Waals surface area (Å²) in [5.74, 6) is 1.47. The van der Waals surface area contributed by atoms with Gasteiger partial charge in [0.05, 0.1) is 5.56 Å². The van der Waals surface area contributed by atoms with Crippen LogP contribution in [-0.2, 0) is 4.79 Å². The molecule has 0 aliphatic carbocycles. The highest BCUT2D eigenvalue weighted by Crippen LogP contribution is 2.23. The average molecular weight is 361 g/mol. The van der Waals surface area contributed by atoms with Crippen molar-refractivity contribution in [2.24, 2.45) is 0 Å². The molecule has 3 aromatic carbocycles. The van der Waals surface area contributed by atoms with E-state index in [1.165, 1.54) is 0 Å². The molecular formula is C22H19NO4. The van der Waals surface area contributed by atoms with E-state index < -0.39 is 6.10 Å². The summed E-state index contributed by atoms with van der Waals surface area (Å²) in [7, 11) is 0. The van der Waals surface area contributed by atoms with E-state index in [9.17, 15) is 9.59 Å². The molecule has 5 heteroatoms. The Morgan fingerprint density at radius 1 is 0.889 bits per heavy atom. The molecule has 27 heavy (non-hydrogen) atoms. The normalized spacial score (nSPS) is 11.3. The second kappa shape index (κ2) is 8.67. The largest absolute Gasteiger partial charge is 0.480 e. The summed E-state index contributed by atoms with van der Waals surface area (Å²) in [6, 6.07) is 23.3. The monoisotopic (exact) mass is 361 g/mol. The standard InChI is InChI=1S/C22H19NO4/c1-16(26-21-10-6-5-7-17(21)15-24)22(25)23-18-11-13-20(14-12-18)27-19-8-3-2-4-9-19/h2-16H,1H3,(H,23,25)/t16-/m0/s1. The van der Waals surface area contributed by atoms with Gasteiger partial charge in [-0.1, -0.05) is 30.3 Å². The molecule has 0 saturated carbocycles. The molecule has 0 aromatic heterocycles. The van der Waals surface area contributed by atoms with Gasteiger partial charge in [-0.3, -0.25) is 9.59 Å². The summed E-state index contributed by atoms with van der Waals surface area (Å²) >= 11 is 0. The highest BCUT2D eigenvalue weighted by atomic mass is 16.5. The Morgan fingerprint density at radius 2 is 1.52 bits per heavy atom. The molecule has 3 aromatic rings. The zero-order valence-corrected chi connectivity index (χ0v) is 14.8. The number of amides is 1. The van der Waals surface area contributed by atoms with Crippen LogP contribution < -0.4 is 14.8 Å². The second-order valence-electron chi connectivity index (χ2n) is 5.84. The van der Waals surface area contributed by atoms with Crippen LogP contribution in [0.3, 0.4) is 0 Å². The fourth-order valence-electron chi connectivity index (χ4n) is 2.40. The van der Waals surface area contributed by atoms with E-state index in [2.05, 4.69) is 5.32 Å². The summed E-state index contributed by atoms with van der Waals surface area (Å²) < 4.78 is 11.3. The van der Waals surface area contributed by atoms with E-state index in [0.29, 0.717) is 29.0 Å². The number of benzene rings is 3. The van der Waals surface area contributed by atoms with E-state index in [0.717, 1.165) is 5.75 Å². The van der Waals surface area contributed by atoms with Crippen LogP contribution in [0.25, 0.3) is 0 Å². The number of para-hydroxylation sites is 2. The Hall–Kier alpha value is -3.60. The second-order valence-corrected chi connectivity index (χ2v) is 5.84. The van der Waals surface area contributed by atoms with Gasteiger partial charge < -0.3 is 14.8 Å². The molecule has 0 spiro atoms. The minimum Gasteiger partial charge on any atom is -0.480 e. The van der Waals surface area contributed by atoms with Crippen molar-refractivity contribution in [1.82, 2.24) is 0 Å². The third kappa shape index (κ3) is 4.95. The van der Waals surface area contributed by atoms with Crippen LogP contribution in [0.1, 0.15) is 17.3 Å². The lowest BCUT2D eigenvalue weighted by Gasteiger charge is -2.16. The predicted molar refractivity (Wildman–Crippen MR) is 104 cm³/mol. The maximum atomic E-state index is 12.3. The highest BCUT2D eigenvalue weighted by molar-refractivity contribution is 5.94. The molecule has 1 N–H and O–H groups in total. The van der Waals surface area contributed by atoms with Gasteiger partial charge in [-0.2, -0.15) is 0 Å². The minimum atomic E-state index is -0.758. The van der Waals surface area contributed by atoms with Gasteiger partial charge in [-0.25, -0.2) is 0 Å². The first kappa shape index (κ1) is 18.2. The van der Waals surface area contributed by atoms with Crippen molar-refractivity contribution in [3.8, 4) is 17.2 Å². The molecule has 1 atom stereocenters. The molecule has 0 heterocycles. The van der Waals surface area contributed by atoms with Crippen molar-refractivity contribution in [2.45, 2.75) is 13.0 Å².